The summed E-state index contributed by atoms with van der Waals surface area (Å²) in [5.41, 5.74) is 6.92. The van der Waals surface area contributed by atoms with Crippen LogP contribution in [0.5, 0.6) is 5.75 Å². The van der Waals surface area contributed by atoms with Gasteiger partial charge in [0.25, 0.3) is 0 Å². The van der Waals surface area contributed by atoms with Gasteiger partial charge in [0.05, 0.1) is 31.9 Å². The Kier molecular flexibility index (Phi) is 9.70. The number of hydrogen-bond donors (Lipinski definition) is 1. The number of pyridine rings is 1. The molecule has 0 saturated heterocycles. The largest absolute Gasteiger partial charge is 0.507 e. The molecule has 0 aliphatic carbocycles. The SMILES string of the molecule is [2H]c1nc(-c2[c-]c(-c3cccc4c3nc(-c3cc(C(C)C)cc(C(C)C)c3O)n4-c3cc(-c4ccccc4)c(C([2H])([2H])[2H])cc3-c3ccc(C(C)(C)C)cc3)cc(C(C)(C)C)c2)c([2H])c(-c2c([2H])c([2H])c(C([2H])([2H])[2H])c([2H])c2[2H])c1[2H].[Pt]. The van der Waals surface area contributed by atoms with E-state index in [1.165, 1.54) is 0 Å². The number of phenolic OH excluding ortho intramolecular Hbond substituents is 1. The van der Waals surface area contributed by atoms with Gasteiger partial charge < -0.3 is 5.11 Å². The fourth-order valence-electron chi connectivity index (χ4n) is 8.66. The minimum absolute atomic E-state index is 0. The molecule has 0 unspecified atom stereocenters. The Hall–Kier alpha value is -6.35. The van der Waals surface area contributed by atoms with Crippen molar-refractivity contribution in [2.24, 2.45) is 0 Å². The molecule has 0 aliphatic heterocycles. The Morgan fingerprint density at radius 2 is 1.32 bits per heavy atom. The van der Waals surface area contributed by atoms with Gasteiger partial charge in [0.1, 0.15) is 11.6 Å². The van der Waals surface area contributed by atoms with Crippen LogP contribution in [0, 0.1) is 19.8 Å². The van der Waals surface area contributed by atoms with Crippen molar-refractivity contribution in [3.63, 3.8) is 0 Å². The van der Waals surface area contributed by atoms with Crippen LogP contribution in [0.15, 0.2) is 152 Å². The van der Waals surface area contributed by atoms with Gasteiger partial charge in [0.15, 0.2) is 0 Å². The molecule has 0 atom stereocenters. The van der Waals surface area contributed by atoms with Crippen LogP contribution in [0.25, 0.3) is 83.9 Å². The summed E-state index contributed by atoms with van der Waals surface area (Å²) in [5, 5.41) is 12.6. The van der Waals surface area contributed by atoms with Crippen LogP contribution in [0.4, 0.5) is 0 Å². The first-order valence-electron chi connectivity index (χ1n) is 29.6. The maximum atomic E-state index is 12.6. The second-order valence-electron chi connectivity index (χ2n) is 20.3. The Morgan fingerprint density at radius 3 is 1.97 bits per heavy atom. The maximum absolute atomic E-state index is 12.6. The number of phenols is 1. The van der Waals surface area contributed by atoms with Crippen LogP contribution in [0.2, 0.25) is 0 Å². The molecule has 9 aromatic rings. The molecule has 0 bridgehead atoms. The summed E-state index contributed by atoms with van der Waals surface area (Å²) in [4.78, 5) is 9.99. The summed E-state index contributed by atoms with van der Waals surface area (Å²) in [7, 11) is 0. The van der Waals surface area contributed by atoms with Crippen LogP contribution in [0.1, 0.15) is 132 Å². The number of aryl methyl sites for hydroxylation is 1. The van der Waals surface area contributed by atoms with Crippen molar-refractivity contribution in [2.75, 3.05) is 0 Å². The summed E-state index contributed by atoms with van der Waals surface area (Å²) in [6.45, 7) is 15.1. The van der Waals surface area contributed by atoms with Crippen LogP contribution in [-0.4, -0.2) is 19.6 Å². The van der Waals surface area contributed by atoms with Crippen molar-refractivity contribution >= 4 is 11.0 Å². The van der Waals surface area contributed by atoms with Crippen molar-refractivity contribution in [1.82, 2.24) is 14.5 Å². The zero-order chi connectivity index (χ0) is 59.3. The van der Waals surface area contributed by atoms with E-state index >= 15 is 0 Å². The average molecular weight is 1100 g/mol. The van der Waals surface area contributed by atoms with E-state index in [1.54, 1.807) is 12.1 Å². The van der Waals surface area contributed by atoms with Crippen molar-refractivity contribution in [3.8, 4) is 78.6 Å². The van der Waals surface area contributed by atoms with Gasteiger partial charge in [-0.15, -0.1) is 29.3 Å². The molecule has 9 rings (SSSR count). The molecule has 7 aromatic carbocycles. The van der Waals surface area contributed by atoms with E-state index in [0.29, 0.717) is 55.9 Å². The van der Waals surface area contributed by atoms with Crippen LogP contribution < -0.4 is 0 Å². The van der Waals surface area contributed by atoms with Gasteiger partial charge in [0, 0.05) is 46.7 Å². The number of rotatable bonds is 9. The van der Waals surface area contributed by atoms with Crippen LogP contribution in [0.3, 0.4) is 0 Å². The Morgan fingerprint density at radius 1 is 0.623 bits per heavy atom. The first-order valence-corrected chi connectivity index (χ1v) is 23.1. The van der Waals surface area contributed by atoms with E-state index < -0.39 is 78.2 Å². The molecule has 4 nitrogen and oxygen atoms in total. The van der Waals surface area contributed by atoms with Crippen molar-refractivity contribution in [2.45, 2.75) is 106 Å². The fraction of sp³-hybridized carbons (Fsp3) is 0.250. The molecule has 0 radical (unpaired) electrons. The predicted molar refractivity (Wildman–Crippen MR) is 287 cm³/mol. The van der Waals surface area contributed by atoms with Gasteiger partial charge in [-0.1, -0.05) is 189 Å². The fourth-order valence-corrected chi connectivity index (χ4v) is 8.66. The number of aromatic hydroxyl groups is 1. The van der Waals surface area contributed by atoms with Crippen molar-refractivity contribution < 1.29 is 44.0 Å². The molecule has 0 aliphatic rings. The number of imidazole rings is 1. The molecule has 0 spiro atoms. The van der Waals surface area contributed by atoms with Gasteiger partial charge in [-0.05, 0) is 117 Å². The van der Waals surface area contributed by atoms with Gasteiger partial charge in [-0.3, -0.25) is 9.55 Å². The van der Waals surface area contributed by atoms with Crippen molar-refractivity contribution in [3.05, 3.63) is 191 Å². The van der Waals surface area contributed by atoms with Crippen molar-refractivity contribution in [1.29, 1.82) is 0 Å². The standard InChI is InChI=1S/C64H64N3O.Pt/c1-39(2)47-35-53(40(3)4)61(68)56(36-47)62-66-60-52(48-32-49(34-51(33-48)64(10,11)12)57-37-46(29-30-65-57)43-23-21-41(5)22-24-43)19-16-20-58(60)67(62)59-38-54(44-17-14-13-15-18-44)42(6)31-55(59)45-25-27-50(28-26-45)63(7,8)9;/h13-31,33-40,68H,1-12H3;/q-1;/i5D3,6D3,21D,22D,23D,24D,29D,30D,37D;. The second kappa shape index (κ2) is 19.2. The van der Waals surface area contributed by atoms with E-state index in [2.05, 4.69) is 57.8 Å². The molecular weight excluding hydrogens is 1020 g/mol. The van der Waals surface area contributed by atoms with Gasteiger partial charge in [-0.2, -0.15) is 0 Å². The first-order chi connectivity index (χ1) is 37.7. The summed E-state index contributed by atoms with van der Waals surface area (Å²) in [6, 6.07) is 33.7. The number of fused-ring (bicyclic) bond motifs is 1. The molecule has 352 valence electrons. The zero-order valence-electron chi connectivity index (χ0n) is 53.7. The third kappa shape index (κ3) is 9.79. The minimum atomic E-state index is -3.00. The van der Waals surface area contributed by atoms with Gasteiger partial charge in [-0.25, -0.2) is 4.98 Å². The van der Waals surface area contributed by atoms with E-state index in [-0.39, 0.29) is 60.9 Å². The van der Waals surface area contributed by atoms with E-state index in [4.69, 9.17) is 21.4 Å². The van der Waals surface area contributed by atoms with Gasteiger partial charge >= 0.3 is 0 Å². The third-order valence-electron chi connectivity index (χ3n) is 12.6. The number of aromatic nitrogens is 3. The molecule has 0 amide bonds. The van der Waals surface area contributed by atoms with E-state index in [0.717, 1.165) is 27.8 Å². The third-order valence-corrected chi connectivity index (χ3v) is 12.6. The Balaban J connectivity index is 0.00000880. The van der Waals surface area contributed by atoms with E-state index in [9.17, 15) is 6.48 Å². The Labute approximate surface area is 443 Å². The summed E-state index contributed by atoms with van der Waals surface area (Å²) < 4.78 is 116. The predicted octanol–water partition coefficient (Wildman–Crippen LogP) is 17.4. The molecule has 1 N–H and O–H groups in total. The monoisotopic (exact) mass is 1100 g/mol. The summed E-state index contributed by atoms with van der Waals surface area (Å²) in [5.74, 6) is 0.363. The molecule has 0 fully saturated rings. The van der Waals surface area contributed by atoms with Gasteiger partial charge in [0.2, 0.25) is 0 Å². The number of hydrogen-bond acceptors (Lipinski definition) is 3. The molecule has 0 saturated carbocycles. The topological polar surface area (TPSA) is 50.9 Å². The molecular formula is C64H64N3OPt-. The normalized spacial score (nSPS) is 15.0. The number of nitrogens with zero attached hydrogens (tertiary/aromatic N) is 3. The molecule has 69 heavy (non-hydrogen) atoms. The quantitative estimate of drug-likeness (QED) is 0.147. The summed E-state index contributed by atoms with van der Waals surface area (Å²) >= 11 is 0. The molecule has 2 aromatic heterocycles. The average Bonchev–Trinajstić information content (AvgIpc) is 4.00. The van der Waals surface area contributed by atoms with Crippen LogP contribution in [-0.2, 0) is 31.9 Å². The van der Waals surface area contributed by atoms with Crippen LogP contribution >= 0.6 is 0 Å². The maximum Gasteiger partial charge on any atom is 0.148 e. The van der Waals surface area contributed by atoms with E-state index in [1.807, 2.05) is 124 Å². The number of para-hydroxylation sites is 1. The minimum Gasteiger partial charge on any atom is -0.507 e. The smallest absolute Gasteiger partial charge is 0.148 e. The second-order valence-corrected chi connectivity index (χ2v) is 20.3. The summed E-state index contributed by atoms with van der Waals surface area (Å²) in [6.07, 6.45) is -0.623. The molecule has 5 heteroatoms. The zero-order valence-corrected chi connectivity index (χ0v) is 42.9. The first kappa shape index (κ1) is 34.9. The molecule has 2 heterocycles. The Bertz CT molecular complexity index is 3930. The number of benzene rings is 7.